The van der Waals surface area contributed by atoms with Crippen molar-refractivity contribution in [3.8, 4) is 17.6 Å². The summed E-state index contributed by atoms with van der Waals surface area (Å²) in [6.07, 6.45) is -0.0129. The Morgan fingerprint density at radius 2 is 1.58 bits per heavy atom. The van der Waals surface area contributed by atoms with Gasteiger partial charge in [-0.1, -0.05) is 30.3 Å². The van der Waals surface area contributed by atoms with Gasteiger partial charge in [0.2, 0.25) is 0 Å². The van der Waals surface area contributed by atoms with E-state index in [1.54, 1.807) is 48.5 Å². The second-order valence-corrected chi connectivity index (χ2v) is 8.36. The number of sulfonamides is 1. The highest BCUT2D eigenvalue weighted by atomic mass is 32.2. The van der Waals surface area contributed by atoms with Gasteiger partial charge in [-0.25, -0.2) is 0 Å². The number of para-hydroxylation sites is 1. The maximum atomic E-state index is 12.6. The molecule has 0 radical (unpaired) electrons. The summed E-state index contributed by atoms with van der Waals surface area (Å²) in [5.74, 6) is -0.210. The van der Waals surface area contributed by atoms with Gasteiger partial charge in [-0.2, -0.15) is 13.7 Å². The Labute approximate surface area is 179 Å². The number of rotatable bonds is 7. The lowest BCUT2D eigenvalue weighted by Gasteiger charge is -2.19. The van der Waals surface area contributed by atoms with Crippen LogP contribution in [-0.2, 0) is 21.2 Å². The maximum absolute atomic E-state index is 12.6. The molecule has 0 bridgehead atoms. The molecule has 0 saturated carbocycles. The molecule has 0 aliphatic carbocycles. The molecule has 0 aromatic heterocycles. The Morgan fingerprint density at radius 3 is 2.16 bits per heavy atom. The molecule has 0 spiro atoms. The quantitative estimate of drug-likeness (QED) is 0.429. The number of ether oxygens (including phenoxy) is 1. The third-order valence-electron chi connectivity index (χ3n) is 4.37. The SMILES string of the molecule is N#Cc1ccc(C[C@@H](N)C(=O)N(O)S(=O)(=O)c2ccc(Oc3ccccc3)cc2)cc1. The third kappa shape index (κ3) is 5.26. The van der Waals surface area contributed by atoms with Crippen LogP contribution in [0.4, 0.5) is 0 Å². The number of amides is 1. The van der Waals surface area contributed by atoms with Crippen LogP contribution in [-0.4, -0.2) is 30.0 Å². The van der Waals surface area contributed by atoms with Crippen molar-refractivity contribution in [1.29, 1.82) is 5.26 Å². The average Bonchev–Trinajstić information content (AvgIpc) is 2.79. The van der Waals surface area contributed by atoms with E-state index >= 15 is 0 Å². The number of nitrogens with two attached hydrogens (primary N) is 1. The first-order chi connectivity index (χ1) is 14.8. The van der Waals surface area contributed by atoms with Crippen molar-refractivity contribution in [2.75, 3.05) is 0 Å². The monoisotopic (exact) mass is 437 g/mol. The molecular weight excluding hydrogens is 418 g/mol. The minimum atomic E-state index is -4.52. The second-order valence-electron chi connectivity index (χ2n) is 6.59. The molecule has 0 unspecified atom stereocenters. The Balaban J connectivity index is 1.69. The summed E-state index contributed by atoms with van der Waals surface area (Å²) in [7, 11) is -4.52. The van der Waals surface area contributed by atoms with Crippen LogP contribution in [0.5, 0.6) is 11.5 Å². The molecule has 1 atom stereocenters. The molecule has 0 aliphatic heterocycles. The molecule has 0 aliphatic rings. The van der Waals surface area contributed by atoms with Gasteiger partial charge in [-0.3, -0.25) is 10.0 Å². The molecule has 3 N–H and O–H groups in total. The van der Waals surface area contributed by atoms with Crippen molar-refractivity contribution >= 4 is 15.9 Å². The predicted molar refractivity (Wildman–Crippen MR) is 112 cm³/mol. The lowest BCUT2D eigenvalue weighted by molar-refractivity contribution is -0.147. The summed E-state index contributed by atoms with van der Waals surface area (Å²) in [5.41, 5.74) is 6.86. The van der Waals surface area contributed by atoms with Gasteiger partial charge in [0, 0.05) is 0 Å². The largest absolute Gasteiger partial charge is 0.457 e. The molecule has 0 saturated heterocycles. The summed E-state index contributed by atoms with van der Waals surface area (Å²) in [4.78, 5) is 12.1. The number of hydroxylamine groups is 1. The van der Waals surface area contributed by atoms with Crippen molar-refractivity contribution in [2.24, 2.45) is 5.73 Å². The molecule has 31 heavy (non-hydrogen) atoms. The summed E-state index contributed by atoms with van der Waals surface area (Å²) in [6, 6.07) is 21.2. The van der Waals surface area contributed by atoms with E-state index < -0.39 is 22.0 Å². The fraction of sp³-hybridized carbons (Fsp3) is 0.0909. The van der Waals surface area contributed by atoms with Crippen molar-refractivity contribution in [3.05, 3.63) is 90.0 Å². The number of carbonyl (C=O) groups is 1. The fourth-order valence-electron chi connectivity index (χ4n) is 2.72. The lowest BCUT2D eigenvalue weighted by atomic mass is 10.0. The zero-order valence-corrected chi connectivity index (χ0v) is 17.1. The molecule has 158 valence electrons. The molecule has 0 fully saturated rings. The highest BCUT2D eigenvalue weighted by Gasteiger charge is 2.31. The van der Waals surface area contributed by atoms with Crippen molar-refractivity contribution in [2.45, 2.75) is 17.4 Å². The number of hydrogen-bond acceptors (Lipinski definition) is 7. The number of hydrogen-bond donors (Lipinski definition) is 2. The Morgan fingerprint density at radius 1 is 1.00 bits per heavy atom. The van der Waals surface area contributed by atoms with Crippen LogP contribution in [0.15, 0.2) is 83.8 Å². The van der Waals surface area contributed by atoms with Gasteiger partial charge in [-0.05, 0) is 60.5 Å². The minimum Gasteiger partial charge on any atom is -0.457 e. The van der Waals surface area contributed by atoms with Gasteiger partial charge in [0.25, 0.3) is 15.9 Å². The zero-order valence-electron chi connectivity index (χ0n) is 16.3. The highest BCUT2D eigenvalue weighted by molar-refractivity contribution is 7.89. The topological polar surface area (TPSA) is 134 Å². The number of carbonyl (C=O) groups excluding carboxylic acids is 1. The Hall–Kier alpha value is -3.71. The van der Waals surface area contributed by atoms with E-state index in [1.807, 2.05) is 12.1 Å². The van der Waals surface area contributed by atoms with E-state index in [0.717, 1.165) is 0 Å². The molecule has 3 aromatic carbocycles. The van der Waals surface area contributed by atoms with E-state index in [9.17, 15) is 18.4 Å². The minimum absolute atomic E-state index is 0.0129. The third-order valence-corrected chi connectivity index (χ3v) is 5.88. The number of nitrogens with zero attached hydrogens (tertiary/aromatic N) is 2. The Bertz CT molecular complexity index is 1190. The standard InChI is InChI=1S/C22H19N3O5S/c23-15-17-8-6-16(7-9-17)14-21(24)22(26)25(27)31(28,29)20-12-10-19(11-13-20)30-18-4-2-1-3-5-18/h1-13,21,27H,14,24H2/t21-/m1/s1. The number of nitriles is 1. The van der Waals surface area contributed by atoms with Gasteiger partial charge < -0.3 is 10.5 Å². The molecule has 3 aromatic rings. The van der Waals surface area contributed by atoms with E-state index in [2.05, 4.69) is 0 Å². The second kappa shape index (κ2) is 9.40. The summed E-state index contributed by atoms with van der Waals surface area (Å²) < 4.78 is 30.5. The van der Waals surface area contributed by atoms with Gasteiger partial charge in [-0.15, -0.1) is 4.47 Å². The first-order valence-electron chi connectivity index (χ1n) is 9.17. The fourth-order valence-corrected chi connectivity index (χ4v) is 3.77. The number of benzene rings is 3. The predicted octanol–water partition coefficient (Wildman–Crippen LogP) is 2.83. The van der Waals surface area contributed by atoms with Crippen molar-refractivity contribution in [3.63, 3.8) is 0 Å². The smallest absolute Gasteiger partial charge is 0.289 e. The van der Waals surface area contributed by atoms with Crippen LogP contribution >= 0.6 is 0 Å². The molecule has 8 nitrogen and oxygen atoms in total. The van der Waals surface area contributed by atoms with Crippen molar-refractivity contribution in [1.82, 2.24) is 4.47 Å². The molecule has 0 heterocycles. The van der Waals surface area contributed by atoms with Crippen LogP contribution in [0.1, 0.15) is 11.1 Å². The molecule has 3 rings (SSSR count). The molecule has 9 heteroatoms. The van der Waals surface area contributed by atoms with Gasteiger partial charge in [0.05, 0.1) is 22.6 Å². The van der Waals surface area contributed by atoms with E-state index in [1.165, 1.54) is 24.3 Å². The van der Waals surface area contributed by atoms with E-state index in [-0.39, 0.29) is 15.8 Å². The summed E-state index contributed by atoms with van der Waals surface area (Å²) in [6.45, 7) is 0. The Kier molecular flexibility index (Phi) is 6.67. The normalized spacial score (nSPS) is 11.9. The van der Waals surface area contributed by atoms with Crippen LogP contribution in [0, 0.1) is 11.3 Å². The summed E-state index contributed by atoms with van der Waals surface area (Å²) in [5, 5.41) is 18.9. The van der Waals surface area contributed by atoms with Crippen molar-refractivity contribution < 1.29 is 23.2 Å². The van der Waals surface area contributed by atoms with Crippen LogP contribution in [0.2, 0.25) is 0 Å². The lowest BCUT2D eigenvalue weighted by Crippen LogP contribution is -2.46. The van der Waals surface area contributed by atoms with Gasteiger partial charge in [0.15, 0.2) is 0 Å². The first kappa shape index (κ1) is 22.0. The van der Waals surface area contributed by atoms with Crippen LogP contribution in [0.25, 0.3) is 0 Å². The van der Waals surface area contributed by atoms with Gasteiger partial charge in [0.1, 0.15) is 11.5 Å². The van der Waals surface area contributed by atoms with E-state index in [4.69, 9.17) is 15.7 Å². The zero-order chi connectivity index (χ0) is 22.4. The molecular formula is C22H19N3O5S. The molecule has 1 amide bonds. The van der Waals surface area contributed by atoms with Gasteiger partial charge >= 0.3 is 0 Å². The summed E-state index contributed by atoms with van der Waals surface area (Å²) >= 11 is 0. The van der Waals surface area contributed by atoms with Crippen LogP contribution < -0.4 is 10.5 Å². The van der Waals surface area contributed by atoms with E-state index in [0.29, 0.717) is 22.6 Å². The average molecular weight is 437 g/mol. The van der Waals surface area contributed by atoms with Crippen LogP contribution in [0.3, 0.4) is 0 Å². The highest BCUT2D eigenvalue weighted by Crippen LogP contribution is 2.24. The first-order valence-corrected chi connectivity index (χ1v) is 10.6. The maximum Gasteiger partial charge on any atom is 0.289 e.